The van der Waals surface area contributed by atoms with E-state index in [0.717, 1.165) is 36.1 Å². The predicted octanol–water partition coefficient (Wildman–Crippen LogP) is 5.07. The van der Waals surface area contributed by atoms with E-state index >= 15 is 0 Å². The number of carboxylic acids is 1. The second-order valence-corrected chi connectivity index (χ2v) is 9.93. The van der Waals surface area contributed by atoms with Crippen molar-refractivity contribution in [2.45, 2.75) is 51.7 Å². The van der Waals surface area contributed by atoms with E-state index in [0.29, 0.717) is 25.6 Å². The molecule has 1 saturated heterocycles. The van der Waals surface area contributed by atoms with Gasteiger partial charge in [-0.3, -0.25) is 0 Å². The molecule has 1 fully saturated rings. The van der Waals surface area contributed by atoms with Crippen molar-refractivity contribution in [3.63, 3.8) is 0 Å². The highest BCUT2D eigenvalue weighted by Crippen LogP contribution is 2.26. The molecule has 1 aliphatic rings. The van der Waals surface area contributed by atoms with Crippen molar-refractivity contribution >= 4 is 16.7 Å². The summed E-state index contributed by atoms with van der Waals surface area (Å²) < 4.78 is 6.08. The molecule has 0 radical (unpaired) electrons. The molecule has 3 aromatic rings. The normalized spacial score (nSPS) is 16.1. The third kappa shape index (κ3) is 5.96. The van der Waals surface area contributed by atoms with E-state index in [1.54, 1.807) is 0 Å². The van der Waals surface area contributed by atoms with Crippen molar-refractivity contribution in [1.82, 2.24) is 4.90 Å². The maximum atomic E-state index is 11.2. The summed E-state index contributed by atoms with van der Waals surface area (Å²) in [5.74, 6) is 0.406. The van der Waals surface area contributed by atoms with Gasteiger partial charge in [0, 0.05) is 19.6 Å². The number of aliphatic hydroxyl groups is 1. The molecule has 1 aliphatic heterocycles. The van der Waals surface area contributed by atoms with Gasteiger partial charge in [-0.1, -0.05) is 62.4 Å². The fourth-order valence-electron chi connectivity index (χ4n) is 4.69. The molecular weight excluding hydrogens is 426 g/mol. The largest absolute Gasteiger partial charge is 0.489 e. The molecule has 0 amide bonds. The summed E-state index contributed by atoms with van der Waals surface area (Å²) in [5, 5.41) is 21.7. The molecule has 4 rings (SSSR count). The van der Waals surface area contributed by atoms with Crippen molar-refractivity contribution in [2.24, 2.45) is 5.92 Å². The van der Waals surface area contributed by atoms with Crippen LogP contribution in [0.2, 0.25) is 0 Å². The molecule has 0 aliphatic carbocycles. The van der Waals surface area contributed by atoms with Crippen LogP contribution in [-0.2, 0) is 24.2 Å². The van der Waals surface area contributed by atoms with E-state index in [1.807, 2.05) is 6.07 Å². The van der Waals surface area contributed by atoms with Gasteiger partial charge in [0.05, 0.1) is 0 Å². The number of piperidine rings is 1. The number of likely N-dealkylation sites (tertiary alicyclic amines) is 1. The second-order valence-electron chi connectivity index (χ2n) is 9.93. The molecule has 0 aromatic heterocycles. The summed E-state index contributed by atoms with van der Waals surface area (Å²) >= 11 is 0. The van der Waals surface area contributed by atoms with Crippen molar-refractivity contribution in [3.05, 3.63) is 77.4 Å². The first-order valence-electron chi connectivity index (χ1n) is 12.2. The lowest BCUT2D eigenvalue weighted by Crippen LogP contribution is -2.49. The summed E-state index contributed by atoms with van der Waals surface area (Å²) in [6.45, 7) is 7.06. The van der Waals surface area contributed by atoms with Gasteiger partial charge >= 0.3 is 5.97 Å². The maximum Gasteiger partial charge on any atom is 0.335 e. The van der Waals surface area contributed by atoms with Crippen LogP contribution in [0.5, 0.6) is 5.75 Å². The van der Waals surface area contributed by atoms with Crippen LogP contribution < -0.4 is 4.74 Å². The fourth-order valence-corrected chi connectivity index (χ4v) is 4.69. The van der Waals surface area contributed by atoms with Gasteiger partial charge in [0.15, 0.2) is 5.60 Å². The second kappa shape index (κ2) is 10.6. The Morgan fingerprint density at radius 3 is 2.41 bits per heavy atom. The molecule has 3 aromatic carbocycles. The maximum absolute atomic E-state index is 11.2. The monoisotopic (exact) mass is 461 g/mol. The number of rotatable bonds is 9. The number of nitrogens with zero attached hydrogens (tertiary/aromatic N) is 1. The van der Waals surface area contributed by atoms with Crippen molar-refractivity contribution in [2.75, 3.05) is 19.6 Å². The van der Waals surface area contributed by atoms with Gasteiger partial charge in [0.1, 0.15) is 12.4 Å². The van der Waals surface area contributed by atoms with Gasteiger partial charge in [-0.15, -0.1) is 0 Å². The molecule has 0 bridgehead atoms. The fraction of sp³-hybridized carbons (Fsp3) is 0.414. The highest BCUT2D eigenvalue weighted by molar-refractivity contribution is 5.87. The lowest BCUT2D eigenvalue weighted by molar-refractivity contribution is -0.163. The first kappa shape index (κ1) is 24.2. The summed E-state index contributed by atoms with van der Waals surface area (Å²) in [6.07, 6.45) is 2.53. The van der Waals surface area contributed by atoms with Gasteiger partial charge < -0.3 is 19.8 Å². The van der Waals surface area contributed by atoms with E-state index in [4.69, 9.17) is 4.74 Å². The van der Waals surface area contributed by atoms with Crippen molar-refractivity contribution < 1.29 is 19.7 Å². The number of benzene rings is 3. The number of aliphatic carboxylic acids is 1. The van der Waals surface area contributed by atoms with E-state index < -0.39 is 11.6 Å². The molecule has 2 N–H and O–H groups in total. The number of carbonyl (C=O) groups is 1. The molecule has 5 nitrogen and oxygen atoms in total. The number of hydrogen-bond acceptors (Lipinski definition) is 4. The zero-order valence-electron chi connectivity index (χ0n) is 20.2. The Bertz CT molecular complexity index is 1110. The lowest BCUT2D eigenvalue weighted by Gasteiger charge is -2.35. The van der Waals surface area contributed by atoms with Gasteiger partial charge in [-0.25, -0.2) is 4.79 Å². The smallest absolute Gasteiger partial charge is 0.335 e. The topological polar surface area (TPSA) is 70.0 Å². The minimum atomic E-state index is -1.57. The average molecular weight is 462 g/mol. The third-order valence-electron chi connectivity index (χ3n) is 6.79. The first-order valence-corrected chi connectivity index (χ1v) is 12.2. The molecule has 1 heterocycles. The molecule has 0 unspecified atom stereocenters. The number of fused-ring (bicyclic) bond motifs is 1. The molecule has 0 atom stereocenters. The van der Waals surface area contributed by atoms with Crippen molar-refractivity contribution in [3.8, 4) is 5.75 Å². The average Bonchev–Trinajstić information content (AvgIpc) is 2.82. The van der Waals surface area contributed by atoms with E-state index in [9.17, 15) is 15.0 Å². The first-order chi connectivity index (χ1) is 16.3. The van der Waals surface area contributed by atoms with Gasteiger partial charge in [-0.2, -0.15) is 0 Å². The molecule has 34 heavy (non-hydrogen) atoms. The third-order valence-corrected chi connectivity index (χ3v) is 6.79. The van der Waals surface area contributed by atoms with Crippen LogP contribution in [0.3, 0.4) is 0 Å². The van der Waals surface area contributed by atoms with Crippen molar-refractivity contribution in [1.29, 1.82) is 0 Å². The van der Waals surface area contributed by atoms with Crippen LogP contribution in [0.4, 0.5) is 0 Å². The molecular formula is C29H35NO4. The molecule has 5 heteroatoms. The van der Waals surface area contributed by atoms with Crippen LogP contribution in [0.1, 0.15) is 43.4 Å². The number of ether oxygens (including phenoxy) is 1. The van der Waals surface area contributed by atoms with Crippen LogP contribution in [-0.4, -0.2) is 46.3 Å². The van der Waals surface area contributed by atoms with E-state index in [2.05, 4.69) is 73.3 Å². The van der Waals surface area contributed by atoms with Gasteiger partial charge in [-0.05, 0) is 71.2 Å². The van der Waals surface area contributed by atoms with E-state index in [1.165, 1.54) is 16.5 Å². The highest BCUT2D eigenvalue weighted by Gasteiger charge is 2.39. The minimum Gasteiger partial charge on any atom is -0.489 e. The number of hydrogen-bond donors (Lipinski definition) is 2. The Morgan fingerprint density at radius 2 is 1.74 bits per heavy atom. The predicted molar refractivity (Wildman–Crippen MR) is 135 cm³/mol. The molecule has 0 saturated carbocycles. The quantitative estimate of drug-likeness (QED) is 0.466. The SMILES string of the molecule is CC(C)Cc1ccc(COc2ccc3c(CCN4CCC(O)(C(=O)O)CC4)cccc3c2)cc1. The van der Waals surface area contributed by atoms with Gasteiger partial charge in [0.2, 0.25) is 0 Å². The van der Waals surface area contributed by atoms with E-state index in [-0.39, 0.29) is 12.8 Å². The van der Waals surface area contributed by atoms with Gasteiger partial charge in [0.25, 0.3) is 0 Å². The van der Waals surface area contributed by atoms with Crippen LogP contribution in [0, 0.1) is 5.92 Å². The molecule has 180 valence electrons. The Hall–Kier alpha value is -2.89. The van der Waals surface area contributed by atoms with Crippen LogP contribution in [0.25, 0.3) is 10.8 Å². The Labute approximate surface area is 202 Å². The zero-order valence-corrected chi connectivity index (χ0v) is 20.2. The van der Waals surface area contributed by atoms with Crippen LogP contribution >= 0.6 is 0 Å². The zero-order chi connectivity index (χ0) is 24.1. The summed E-state index contributed by atoms with van der Waals surface area (Å²) in [6, 6.07) is 21.3. The summed E-state index contributed by atoms with van der Waals surface area (Å²) in [5.41, 5.74) is 2.23. The Kier molecular flexibility index (Phi) is 7.54. The number of carboxylic acid groups (broad SMARTS) is 1. The van der Waals surface area contributed by atoms with Crippen LogP contribution in [0.15, 0.2) is 60.7 Å². The summed E-state index contributed by atoms with van der Waals surface area (Å²) in [7, 11) is 0. The molecule has 0 spiro atoms. The highest BCUT2D eigenvalue weighted by atomic mass is 16.5. The Balaban J connectivity index is 1.35. The standard InChI is InChI=1S/C29H35NO4/c1-21(2)18-22-6-8-23(9-7-22)20-34-26-10-11-27-24(4-3-5-25(27)19-26)12-15-30-16-13-29(33,14-17-30)28(31)32/h3-11,19,21,33H,12-18,20H2,1-2H3,(H,31,32). The lowest BCUT2D eigenvalue weighted by atomic mass is 9.91. The Morgan fingerprint density at radius 1 is 1.03 bits per heavy atom. The minimum absolute atomic E-state index is 0.277. The summed E-state index contributed by atoms with van der Waals surface area (Å²) in [4.78, 5) is 13.5.